The third-order valence-corrected chi connectivity index (χ3v) is 0. The van der Waals surface area contributed by atoms with Gasteiger partial charge < -0.3 is 0 Å². The molecule has 3 heteroatoms. The molecular weight excluding hydrogens is 107 g/mol. The van der Waals surface area contributed by atoms with E-state index in [0.29, 0.717) is 0 Å². The van der Waals surface area contributed by atoms with E-state index in [-0.39, 0.29) is 29.6 Å². The van der Waals surface area contributed by atoms with Gasteiger partial charge in [0.25, 0.3) is 0 Å². The zero-order valence-corrected chi connectivity index (χ0v) is 4.75. The first-order valence-electron chi connectivity index (χ1n) is 1.52. The summed E-state index contributed by atoms with van der Waals surface area (Å²) in [7, 11) is -1.64. The van der Waals surface area contributed by atoms with Crippen molar-refractivity contribution in [3.05, 3.63) is 0 Å². The fraction of sp³-hybridized carbons (Fsp3) is 1.00. The van der Waals surface area contributed by atoms with E-state index in [1.54, 1.807) is 18.8 Å². The zero-order chi connectivity index (χ0) is 4.50. The molecular formula is C3H11NaOS. The van der Waals surface area contributed by atoms with Crippen LogP contribution < -0.4 is 0 Å². The molecule has 0 unspecified atom stereocenters. The average molecular weight is 118 g/mol. The molecule has 0 saturated heterocycles. The third kappa shape index (κ3) is 67.1. The Kier molecular flexibility index (Phi) is 5.42. The summed E-state index contributed by atoms with van der Waals surface area (Å²) in [6.45, 7) is 0. The fourth-order valence-corrected chi connectivity index (χ4v) is 0. The van der Waals surface area contributed by atoms with Crippen LogP contribution in [0.4, 0.5) is 0 Å². The van der Waals surface area contributed by atoms with E-state index in [9.17, 15) is 4.21 Å². The Labute approximate surface area is 62.2 Å². The molecule has 36 valence electrons. The van der Waals surface area contributed by atoms with Crippen LogP contribution in [0.15, 0.2) is 0 Å². The monoisotopic (exact) mass is 118 g/mol. The first kappa shape index (κ1) is 10.2. The summed E-state index contributed by atoms with van der Waals surface area (Å²) in [5, 5.41) is 0. The minimum absolute atomic E-state index is 0. The maximum absolute atomic E-state index is 10.2. The van der Waals surface area contributed by atoms with Crippen LogP contribution in [-0.4, -0.2) is 52.5 Å². The molecule has 0 aromatic carbocycles. The van der Waals surface area contributed by atoms with Gasteiger partial charge in [-0.05, 0) is 18.8 Å². The molecule has 0 radical (unpaired) electrons. The van der Waals surface area contributed by atoms with Crippen molar-refractivity contribution < 1.29 is 4.21 Å². The van der Waals surface area contributed by atoms with Crippen LogP contribution in [0.3, 0.4) is 0 Å². The molecule has 0 heterocycles. The van der Waals surface area contributed by atoms with E-state index >= 15 is 0 Å². The number of thiol groups is 1. The molecule has 0 rings (SSSR count). The predicted octanol–water partition coefficient (Wildman–Crippen LogP) is -0.756. The molecule has 0 aliphatic carbocycles. The first-order valence-corrected chi connectivity index (χ1v) is 4.57. The van der Waals surface area contributed by atoms with Gasteiger partial charge in [0.15, 0.2) is 0 Å². The topological polar surface area (TPSA) is 17.1 Å². The van der Waals surface area contributed by atoms with Crippen molar-refractivity contribution in [2.24, 2.45) is 0 Å². The number of hydrogen-bond acceptors (Lipinski definition) is 1. The van der Waals surface area contributed by atoms with Gasteiger partial charge in [0.2, 0.25) is 0 Å². The second-order valence-corrected chi connectivity index (χ2v) is 5.67. The standard InChI is InChI=1S/C3H10OS.Na.H/c1-5(2,3)4;;/h5H,1-3H3;;. The molecule has 0 aliphatic heterocycles. The van der Waals surface area contributed by atoms with Gasteiger partial charge in [-0.15, -0.1) is 9.93 Å². The van der Waals surface area contributed by atoms with E-state index in [1.165, 1.54) is 0 Å². The molecule has 0 bridgehead atoms. The van der Waals surface area contributed by atoms with Crippen LogP contribution in [0, 0.1) is 0 Å². The molecule has 0 aromatic heterocycles. The molecule has 0 atom stereocenters. The second kappa shape index (κ2) is 3.19. The Bertz CT molecular complexity index is 56.9. The molecule has 0 spiro atoms. The van der Waals surface area contributed by atoms with E-state index in [4.69, 9.17) is 0 Å². The van der Waals surface area contributed by atoms with E-state index in [0.717, 1.165) is 0 Å². The van der Waals surface area contributed by atoms with Crippen molar-refractivity contribution in [2.75, 3.05) is 18.8 Å². The van der Waals surface area contributed by atoms with E-state index in [1.807, 2.05) is 0 Å². The Morgan fingerprint density at radius 3 is 1.17 bits per heavy atom. The van der Waals surface area contributed by atoms with Crippen LogP contribution in [-0.2, 0) is 9.93 Å². The molecule has 0 fully saturated rings. The Morgan fingerprint density at radius 1 is 1.17 bits per heavy atom. The second-order valence-electron chi connectivity index (χ2n) is 1.89. The summed E-state index contributed by atoms with van der Waals surface area (Å²) in [4.78, 5) is 0. The summed E-state index contributed by atoms with van der Waals surface area (Å²) in [5.74, 6) is 0. The molecule has 0 N–H and O–H groups in total. The Morgan fingerprint density at radius 2 is 1.17 bits per heavy atom. The molecule has 0 aromatic rings. The van der Waals surface area contributed by atoms with Crippen LogP contribution >= 0.6 is 0 Å². The van der Waals surface area contributed by atoms with E-state index < -0.39 is 9.93 Å². The van der Waals surface area contributed by atoms with Crippen molar-refractivity contribution in [1.82, 2.24) is 0 Å². The summed E-state index contributed by atoms with van der Waals surface area (Å²) >= 11 is 0. The fourth-order valence-electron chi connectivity index (χ4n) is 0. The molecule has 1 nitrogen and oxygen atoms in total. The average Bonchev–Trinajstić information content (AvgIpc) is 0.722. The van der Waals surface area contributed by atoms with Gasteiger partial charge >= 0.3 is 29.6 Å². The SMILES string of the molecule is C[SH](C)(C)=O.[NaH]. The van der Waals surface area contributed by atoms with Gasteiger partial charge in [-0.1, -0.05) is 0 Å². The molecule has 0 saturated carbocycles. The first-order chi connectivity index (χ1) is 2.00. The number of hydrogen-bond donors (Lipinski definition) is 1. The van der Waals surface area contributed by atoms with Crippen molar-refractivity contribution in [2.45, 2.75) is 0 Å². The van der Waals surface area contributed by atoms with Gasteiger partial charge in [0, 0.05) is 0 Å². The van der Waals surface area contributed by atoms with Crippen LogP contribution in [0.2, 0.25) is 0 Å². The number of rotatable bonds is 0. The van der Waals surface area contributed by atoms with Crippen molar-refractivity contribution >= 4 is 39.5 Å². The van der Waals surface area contributed by atoms with Crippen LogP contribution in [0.25, 0.3) is 0 Å². The van der Waals surface area contributed by atoms with Gasteiger partial charge in [-0.3, -0.25) is 4.21 Å². The van der Waals surface area contributed by atoms with Crippen molar-refractivity contribution in [1.29, 1.82) is 0 Å². The molecule has 6 heavy (non-hydrogen) atoms. The van der Waals surface area contributed by atoms with Crippen LogP contribution in [0.1, 0.15) is 0 Å². The van der Waals surface area contributed by atoms with Gasteiger partial charge in [-0.2, -0.15) is 0 Å². The summed E-state index contributed by atoms with van der Waals surface area (Å²) in [6.07, 6.45) is 5.23. The van der Waals surface area contributed by atoms with Gasteiger partial charge in [0.05, 0.1) is 0 Å². The summed E-state index contributed by atoms with van der Waals surface area (Å²) < 4.78 is 10.2. The minimum atomic E-state index is -1.64. The van der Waals surface area contributed by atoms with Crippen LogP contribution in [0.5, 0.6) is 0 Å². The molecule has 0 amide bonds. The van der Waals surface area contributed by atoms with Gasteiger partial charge in [0.1, 0.15) is 0 Å². The summed E-state index contributed by atoms with van der Waals surface area (Å²) in [5.41, 5.74) is 0. The zero-order valence-electron chi connectivity index (χ0n) is 3.86. The quantitative estimate of drug-likeness (QED) is 0.327. The van der Waals surface area contributed by atoms with E-state index in [2.05, 4.69) is 0 Å². The third-order valence-electron chi connectivity index (χ3n) is 0. The van der Waals surface area contributed by atoms with Crippen molar-refractivity contribution in [3.8, 4) is 0 Å². The normalized spacial score (nSPS) is 12.5. The molecule has 0 aliphatic rings. The summed E-state index contributed by atoms with van der Waals surface area (Å²) in [6, 6.07) is 0. The maximum atomic E-state index is 10.2. The Hall–Kier alpha value is 1.15. The predicted molar refractivity (Wildman–Crippen MR) is 34.5 cm³/mol. The Balaban J connectivity index is 0. The van der Waals surface area contributed by atoms with Crippen molar-refractivity contribution in [3.63, 3.8) is 0 Å². The van der Waals surface area contributed by atoms with Gasteiger partial charge in [-0.25, -0.2) is 0 Å².